The van der Waals surface area contributed by atoms with E-state index in [9.17, 15) is 4.79 Å². The highest BCUT2D eigenvalue weighted by Crippen LogP contribution is 2.27. The fourth-order valence-electron chi connectivity index (χ4n) is 2.39. The minimum Gasteiger partial charge on any atom is -0.397 e. The molecule has 0 aliphatic heterocycles. The van der Waals surface area contributed by atoms with Gasteiger partial charge >= 0.3 is 0 Å². The van der Waals surface area contributed by atoms with Crippen LogP contribution in [0.3, 0.4) is 0 Å². The first-order valence-corrected chi connectivity index (χ1v) is 6.14. The van der Waals surface area contributed by atoms with Crippen molar-refractivity contribution in [2.45, 2.75) is 6.92 Å². The van der Waals surface area contributed by atoms with Gasteiger partial charge in [0.15, 0.2) is 0 Å². The van der Waals surface area contributed by atoms with Gasteiger partial charge in [0.05, 0.1) is 11.2 Å². The van der Waals surface area contributed by atoms with Crippen LogP contribution < -0.4 is 5.73 Å². The third-order valence-corrected chi connectivity index (χ3v) is 3.31. The molecule has 0 aliphatic carbocycles. The number of hydrogen-bond acceptors (Lipinski definition) is 2. The summed E-state index contributed by atoms with van der Waals surface area (Å²) in [6, 6.07) is 15.1. The zero-order chi connectivity index (χ0) is 13.4. The fraction of sp³-hybridized carbons (Fsp3) is 0.0625. The molecule has 3 nitrogen and oxygen atoms in total. The molecule has 1 heterocycles. The van der Waals surface area contributed by atoms with Crippen LogP contribution in [0.15, 0.2) is 54.7 Å². The molecular weight excluding hydrogens is 236 g/mol. The number of carbonyl (C=O) groups is 1. The molecule has 3 aromatic rings. The summed E-state index contributed by atoms with van der Waals surface area (Å²) in [7, 11) is 0. The van der Waals surface area contributed by atoms with Crippen molar-refractivity contribution in [3.8, 4) is 0 Å². The highest BCUT2D eigenvalue weighted by molar-refractivity contribution is 6.06. The van der Waals surface area contributed by atoms with E-state index in [-0.39, 0.29) is 5.91 Å². The van der Waals surface area contributed by atoms with Gasteiger partial charge in [0.25, 0.3) is 5.91 Å². The van der Waals surface area contributed by atoms with Gasteiger partial charge in [0.2, 0.25) is 0 Å². The highest BCUT2D eigenvalue weighted by Gasteiger charge is 2.14. The molecule has 3 heteroatoms. The second kappa shape index (κ2) is 4.28. The van der Waals surface area contributed by atoms with Gasteiger partial charge in [-0.2, -0.15) is 0 Å². The van der Waals surface area contributed by atoms with Crippen LogP contribution in [0.5, 0.6) is 0 Å². The van der Waals surface area contributed by atoms with Gasteiger partial charge in [-0.05, 0) is 30.7 Å². The Balaban J connectivity index is 2.22. The lowest BCUT2D eigenvalue weighted by molar-refractivity contribution is 0.0965. The molecule has 0 fully saturated rings. The lowest BCUT2D eigenvalue weighted by atomic mass is 10.1. The molecule has 0 unspecified atom stereocenters. The van der Waals surface area contributed by atoms with E-state index in [1.807, 2.05) is 43.3 Å². The van der Waals surface area contributed by atoms with Crippen LogP contribution in [0, 0.1) is 6.92 Å². The van der Waals surface area contributed by atoms with Crippen LogP contribution in [0.25, 0.3) is 10.9 Å². The van der Waals surface area contributed by atoms with Gasteiger partial charge < -0.3 is 5.73 Å². The third-order valence-electron chi connectivity index (χ3n) is 3.31. The van der Waals surface area contributed by atoms with Crippen LogP contribution in [0.4, 0.5) is 5.69 Å². The van der Waals surface area contributed by atoms with Crippen molar-refractivity contribution in [1.29, 1.82) is 0 Å². The lowest BCUT2D eigenvalue weighted by Crippen LogP contribution is -2.10. The number of fused-ring (bicyclic) bond motifs is 1. The maximum atomic E-state index is 12.5. The van der Waals surface area contributed by atoms with Crippen LogP contribution in [0.1, 0.15) is 15.9 Å². The van der Waals surface area contributed by atoms with Gasteiger partial charge in [0, 0.05) is 17.1 Å². The monoisotopic (exact) mass is 250 g/mol. The first-order chi connectivity index (χ1) is 9.18. The predicted octanol–water partition coefficient (Wildman–Crippen LogP) is 3.22. The average Bonchev–Trinajstić information content (AvgIpc) is 2.78. The van der Waals surface area contributed by atoms with E-state index in [0.29, 0.717) is 11.3 Å². The molecule has 0 aliphatic rings. The van der Waals surface area contributed by atoms with Crippen molar-refractivity contribution in [2.24, 2.45) is 0 Å². The third kappa shape index (κ3) is 1.80. The number of rotatable bonds is 1. The van der Waals surface area contributed by atoms with Crippen molar-refractivity contribution >= 4 is 22.5 Å². The normalized spacial score (nSPS) is 10.8. The van der Waals surface area contributed by atoms with E-state index in [4.69, 9.17) is 5.73 Å². The molecule has 2 N–H and O–H groups in total. The summed E-state index contributed by atoms with van der Waals surface area (Å²) >= 11 is 0. The van der Waals surface area contributed by atoms with E-state index >= 15 is 0 Å². The van der Waals surface area contributed by atoms with E-state index < -0.39 is 0 Å². The molecule has 0 spiro atoms. The smallest absolute Gasteiger partial charge is 0.262 e. The number of nitrogen functional groups attached to an aromatic ring is 1. The maximum absolute atomic E-state index is 12.5. The zero-order valence-corrected chi connectivity index (χ0v) is 10.6. The molecule has 0 bridgehead atoms. The Labute approximate surface area is 111 Å². The number of hydrogen-bond donors (Lipinski definition) is 1. The fourth-order valence-corrected chi connectivity index (χ4v) is 2.39. The summed E-state index contributed by atoms with van der Waals surface area (Å²) in [5, 5.41) is 0.951. The number of anilines is 1. The van der Waals surface area contributed by atoms with Crippen molar-refractivity contribution in [3.63, 3.8) is 0 Å². The summed E-state index contributed by atoms with van der Waals surface area (Å²) in [4.78, 5) is 12.5. The Kier molecular flexibility index (Phi) is 2.60. The van der Waals surface area contributed by atoms with Gasteiger partial charge in [-0.25, -0.2) is 0 Å². The number of aromatic nitrogens is 1. The van der Waals surface area contributed by atoms with Crippen LogP contribution in [0.2, 0.25) is 0 Å². The first-order valence-electron chi connectivity index (χ1n) is 6.14. The molecular formula is C16H14N2O. The minimum atomic E-state index is -0.0621. The van der Waals surface area contributed by atoms with E-state index in [1.54, 1.807) is 22.9 Å². The number of nitrogens with zero attached hydrogens (tertiary/aromatic N) is 1. The van der Waals surface area contributed by atoms with Gasteiger partial charge in [-0.15, -0.1) is 0 Å². The standard InChI is InChI=1S/C16H14N2O/c1-11-6-5-9-14-15(11)13(17)10-18(14)16(19)12-7-3-2-4-8-12/h2-10H,17H2,1H3. The van der Waals surface area contributed by atoms with Crippen LogP contribution in [-0.4, -0.2) is 10.5 Å². The van der Waals surface area contributed by atoms with Crippen molar-refractivity contribution < 1.29 is 4.79 Å². The minimum absolute atomic E-state index is 0.0621. The maximum Gasteiger partial charge on any atom is 0.262 e. The van der Waals surface area contributed by atoms with E-state index in [2.05, 4.69) is 0 Å². The highest BCUT2D eigenvalue weighted by atomic mass is 16.2. The SMILES string of the molecule is Cc1cccc2c1c(N)cn2C(=O)c1ccccc1. The van der Waals surface area contributed by atoms with E-state index in [1.165, 1.54) is 0 Å². The average molecular weight is 250 g/mol. The first kappa shape index (κ1) is 11.5. The molecule has 0 radical (unpaired) electrons. The Morgan fingerprint density at radius 3 is 2.53 bits per heavy atom. The number of carbonyl (C=O) groups excluding carboxylic acids is 1. The van der Waals surface area contributed by atoms with Gasteiger partial charge in [0.1, 0.15) is 0 Å². The molecule has 2 aromatic carbocycles. The van der Waals surface area contributed by atoms with Crippen LogP contribution in [-0.2, 0) is 0 Å². The quantitative estimate of drug-likeness (QED) is 0.720. The van der Waals surface area contributed by atoms with Crippen molar-refractivity contribution in [2.75, 3.05) is 5.73 Å². The molecule has 0 saturated carbocycles. The van der Waals surface area contributed by atoms with Crippen molar-refractivity contribution in [3.05, 3.63) is 65.9 Å². The summed E-state index contributed by atoms with van der Waals surface area (Å²) in [5.74, 6) is -0.0621. The Bertz CT molecular complexity index is 757. The Morgan fingerprint density at radius 2 is 1.79 bits per heavy atom. The molecule has 0 atom stereocenters. The zero-order valence-electron chi connectivity index (χ0n) is 10.6. The summed E-state index contributed by atoms with van der Waals surface area (Å²) in [5.41, 5.74) is 9.24. The largest absolute Gasteiger partial charge is 0.397 e. The summed E-state index contributed by atoms with van der Waals surface area (Å²) < 4.78 is 1.62. The second-order valence-corrected chi connectivity index (χ2v) is 4.59. The van der Waals surface area contributed by atoms with Gasteiger partial charge in [-0.1, -0.05) is 30.3 Å². The number of aryl methyl sites for hydroxylation is 1. The second-order valence-electron chi connectivity index (χ2n) is 4.59. The lowest BCUT2D eigenvalue weighted by Gasteiger charge is -2.04. The Hall–Kier alpha value is -2.55. The summed E-state index contributed by atoms with van der Waals surface area (Å²) in [6.07, 6.45) is 1.70. The number of benzene rings is 2. The summed E-state index contributed by atoms with van der Waals surface area (Å²) in [6.45, 7) is 2.00. The Morgan fingerprint density at radius 1 is 1.05 bits per heavy atom. The molecule has 0 amide bonds. The molecule has 0 saturated heterocycles. The molecule has 94 valence electrons. The molecule has 3 rings (SSSR count). The topological polar surface area (TPSA) is 48.0 Å². The van der Waals surface area contributed by atoms with Crippen molar-refractivity contribution in [1.82, 2.24) is 4.57 Å². The predicted molar refractivity (Wildman–Crippen MR) is 77.3 cm³/mol. The van der Waals surface area contributed by atoms with Gasteiger partial charge in [-0.3, -0.25) is 9.36 Å². The molecule has 19 heavy (non-hydrogen) atoms. The molecule has 1 aromatic heterocycles. The van der Waals surface area contributed by atoms with Crippen LogP contribution >= 0.6 is 0 Å². The van der Waals surface area contributed by atoms with E-state index in [0.717, 1.165) is 16.5 Å². The number of nitrogens with two attached hydrogens (primary N) is 1.